The minimum Gasteiger partial charge on any atom is -0.377 e. The van der Waals surface area contributed by atoms with Crippen LogP contribution in [-0.4, -0.2) is 58.1 Å². The normalized spacial score (nSPS) is 12.0. The molecule has 0 aliphatic carbocycles. The molecule has 0 unspecified atom stereocenters. The highest BCUT2D eigenvalue weighted by Crippen LogP contribution is 2.18. The van der Waals surface area contributed by atoms with Gasteiger partial charge in [0.2, 0.25) is 0 Å². The van der Waals surface area contributed by atoms with E-state index in [1.165, 1.54) is 0 Å². The van der Waals surface area contributed by atoms with Crippen molar-refractivity contribution in [1.82, 2.24) is 14.9 Å². The Morgan fingerprint density at radius 1 is 1.08 bits per heavy atom. The van der Waals surface area contributed by atoms with Crippen molar-refractivity contribution in [2.24, 2.45) is 0 Å². The van der Waals surface area contributed by atoms with Gasteiger partial charge in [-0.3, -0.25) is 4.90 Å². The number of hydrogen-bond acceptors (Lipinski definition) is 5. The third-order valence-corrected chi connectivity index (χ3v) is 7.26. The molecule has 0 aliphatic heterocycles. The van der Waals surface area contributed by atoms with Crippen molar-refractivity contribution in [3.8, 4) is 11.3 Å². The number of benzene rings is 1. The average Bonchev–Trinajstić information content (AvgIpc) is 3.14. The quantitative estimate of drug-likeness (QED) is 0.622. The van der Waals surface area contributed by atoms with Gasteiger partial charge in [0.25, 0.3) is 0 Å². The van der Waals surface area contributed by atoms with Crippen LogP contribution in [0.25, 0.3) is 11.3 Å². The maximum Gasteiger partial charge on any atom is 0.500 e. The van der Waals surface area contributed by atoms with Crippen LogP contribution < -0.4 is 0 Å². The van der Waals surface area contributed by atoms with E-state index in [0.717, 1.165) is 49.2 Å². The summed E-state index contributed by atoms with van der Waals surface area (Å²) in [7, 11) is 2.49. The Kier molecular flexibility index (Phi) is 7.79. The Hall–Kier alpha value is -1.51. The van der Waals surface area contributed by atoms with Gasteiger partial charge in [-0.25, -0.2) is 4.98 Å². The molecule has 1 N–H and O–H groups in total. The first-order chi connectivity index (χ1) is 12.2. The summed E-state index contributed by atoms with van der Waals surface area (Å²) < 4.78 is 16.4. The molecule has 25 heavy (non-hydrogen) atoms. The van der Waals surface area contributed by atoms with Crippen LogP contribution in [-0.2, 0) is 19.8 Å². The van der Waals surface area contributed by atoms with Gasteiger partial charge in [-0.15, -0.1) is 0 Å². The molecule has 0 saturated heterocycles. The number of hydrogen-bond donors (Lipinski definition) is 1. The fourth-order valence-electron chi connectivity index (χ4n) is 2.84. The molecule has 0 spiro atoms. The smallest absolute Gasteiger partial charge is 0.377 e. The van der Waals surface area contributed by atoms with E-state index in [1.54, 1.807) is 21.3 Å². The van der Waals surface area contributed by atoms with Gasteiger partial charge in [-0.05, 0) is 25.1 Å². The first kappa shape index (κ1) is 19.8. The summed E-state index contributed by atoms with van der Waals surface area (Å²) >= 11 is 0. The second kappa shape index (κ2) is 9.84. The lowest BCUT2D eigenvalue weighted by atomic mass is 10.2. The van der Waals surface area contributed by atoms with Crippen LogP contribution in [0.2, 0.25) is 6.04 Å². The van der Waals surface area contributed by atoms with E-state index < -0.39 is 8.80 Å². The third kappa shape index (κ3) is 5.48. The van der Waals surface area contributed by atoms with Crippen molar-refractivity contribution >= 4 is 8.80 Å². The second-order valence-electron chi connectivity index (χ2n) is 5.88. The van der Waals surface area contributed by atoms with Gasteiger partial charge < -0.3 is 18.3 Å². The zero-order valence-corrected chi connectivity index (χ0v) is 16.6. The molecular formula is C18H29N3O3Si. The fourth-order valence-corrected chi connectivity index (χ4v) is 4.55. The molecule has 0 saturated carbocycles. The molecular weight excluding hydrogens is 334 g/mol. The molecule has 1 aromatic heterocycles. The maximum absolute atomic E-state index is 5.48. The minimum atomic E-state index is -2.48. The molecule has 1 aromatic carbocycles. The number of H-pyrrole nitrogens is 1. The van der Waals surface area contributed by atoms with Gasteiger partial charge in [-0.1, -0.05) is 37.3 Å². The Balaban J connectivity index is 1.89. The molecule has 138 valence electrons. The highest BCUT2D eigenvalue weighted by molar-refractivity contribution is 6.60. The van der Waals surface area contributed by atoms with Crippen LogP contribution >= 0.6 is 0 Å². The van der Waals surface area contributed by atoms with Gasteiger partial charge in [0.05, 0.1) is 18.4 Å². The van der Waals surface area contributed by atoms with Crippen molar-refractivity contribution in [2.45, 2.75) is 25.9 Å². The van der Waals surface area contributed by atoms with Gasteiger partial charge >= 0.3 is 8.80 Å². The molecule has 0 fully saturated rings. The Morgan fingerprint density at radius 2 is 1.76 bits per heavy atom. The average molecular weight is 364 g/mol. The predicted molar refractivity (Wildman–Crippen MR) is 101 cm³/mol. The zero-order valence-electron chi connectivity index (χ0n) is 15.6. The van der Waals surface area contributed by atoms with E-state index in [9.17, 15) is 0 Å². The summed E-state index contributed by atoms with van der Waals surface area (Å²) in [5, 5.41) is 0. The molecule has 1 heterocycles. The molecule has 6 nitrogen and oxygen atoms in total. The van der Waals surface area contributed by atoms with Crippen LogP contribution in [0.4, 0.5) is 0 Å². The summed E-state index contributed by atoms with van der Waals surface area (Å²) in [6.45, 7) is 4.87. The fraction of sp³-hybridized carbons (Fsp3) is 0.500. The summed E-state index contributed by atoms with van der Waals surface area (Å²) in [4.78, 5) is 10.3. The third-order valence-electron chi connectivity index (χ3n) is 4.42. The van der Waals surface area contributed by atoms with Crippen molar-refractivity contribution < 1.29 is 13.3 Å². The lowest BCUT2D eigenvalue weighted by Gasteiger charge is -2.26. The lowest BCUT2D eigenvalue weighted by Crippen LogP contribution is -2.43. The van der Waals surface area contributed by atoms with E-state index in [1.807, 2.05) is 24.4 Å². The monoisotopic (exact) mass is 363 g/mol. The zero-order chi connectivity index (χ0) is 18.1. The van der Waals surface area contributed by atoms with E-state index in [4.69, 9.17) is 13.3 Å². The molecule has 2 aromatic rings. The molecule has 0 amide bonds. The minimum absolute atomic E-state index is 0.796. The second-order valence-corrected chi connectivity index (χ2v) is 8.97. The molecule has 2 rings (SSSR count). The standard InChI is InChI=1S/C18H29N3O3Si/c1-5-21(12-9-13-25(22-2,23-3)24-4)15-18-19-14-17(20-18)16-10-7-6-8-11-16/h6-8,10-11,14H,5,9,12-13,15H2,1-4H3,(H,19,20). The van der Waals surface area contributed by atoms with Crippen LogP contribution in [0.1, 0.15) is 19.2 Å². The van der Waals surface area contributed by atoms with Crippen molar-refractivity contribution in [3.63, 3.8) is 0 Å². The van der Waals surface area contributed by atoms with Crippen LogP contribution in [0, 0.1) is 0 Å². The van der Waals surface area contributed by atoms with E-state index in [2.05, 4.69) is 33.9 Å². The summed E-state index contributed by atoms with van der Waals surface area (Å²) in [5.74, 6) is 0.981. The number of aromatic nitrogens is 2. The van der Waals surface area contributed by atoms with Gasteiger partial charge in [-0.2, -0.15) is 0 Å². The number of nitrogens with one attached hydrogen (secondary N) is 1. The highest BCUT2D eigenvalue weighted by Gasteiger charge is 2.36. The van der Waals surface area contributed by atoms with Crippen LogP contribution in [0.3, 0.4) is 0 Å². The SMILES string of the molecule is CCN(CCC[Si](OC)(OC)OC)Cc1ncc(-c2ccccc2)[nH]1. The summed E-state index contributed by atoms with van der Waals surface area (Å²) in [5.41, 5.74) is 2.21. The Bertz CT molecular complexity index is 609. The maximum atomic E-state index is 5.48. The van der Waals surface area contributed by atoms with Crippen molar-refractivity contribution in [3.05, 3.63) is 42.4 Å². The number of aromatic amines is 1. The summed E-state index contributed by atoms with van der Waals surface area (Å²) in [6, 6.07) is 11.1. The molecule has 0 radical (unpaired) electrons. The summed E-state index contributed by atoms with van der Waals surface area (Å²) in [6.07, 6.45) is 2.86. The van der Waals surface area contributed by atoms with E-state index in [0.29, 0.717) is 0 Å². The first-order valence-electron chi connectivity index (χ1n) is 8.63. The molecule has 0 bridgehead atoms. The number of rotatable bonds is 11. The van der Waals surface area contributed by atoms with Crippen LogP contribution in [0.15, 0.2) is 36.5 Å². The van der Waals surface area contributed by atoms with E-state index in [-0.39, 0.29) is 0 Å². The van der Waals surface area contributed by atoms with Crippen molar-refractivity contribution in [1.29, 1.82) is 0 Å². The number of imidazole rings is 1. The highest BCUT2D eigenvalue weighted by atomic mass is 28.4. The molecule has 0 atom stereocenters. The van der Waals surface area contributed by atoms with E-state index >= 15 is 0 Å². The lowest BCUT2D eigenvalue weighted by molar-refractivity contribution is 0.121. The topological polar surface area (TPSA) is 59.6 Å². The molecule has 7 heteroatoms. The predicted octanol–water partition coefficient (Wildman–Crippen LogP) is 3.17. The van der Waals surface area contributed by atoms with Gasteiger partial charge in [0, 0.05) is 27.4 Å². The first-order valence-corrected chi connectivity index (χ1v) is 10.6. The van der Waals surface area contributed by atoms with Crippen LogP contribution in [0.5, 0.6) is 0 Å². The van der Waals surface area contributed by atoms with Gasteiger partial charge in [0.15, 0.2) is 0 Å². The van der Waals surface area contributed by atoms with Crippen molar-refractivity contribution in [2.75, 3.05) is 34.4 Å². The largest absolute Gasteiger partial charge is 0.500 e. The number of nitrogens with zero attached hydrogens (tertiary/aromatic N) is 2. The Morgan fingerprint density at radius 3 is 2.36 bits per heavy atom. The Labute approximate surface area is 151 Å². The molecule has 0 aliphatic rings. The van der Waals surface area contributed by atoms with Gasteiger partial charge in [0.1, 0.15) is 5.82 Å².